The molecule has 19 heavy (non-hydrogen) atoms. The largest absolute Gasteiger partial charge is 0.382 e. The molecule has 1 unspecified atom stereocenters. The summed E-state index contributed by atoms with van der Waals surface area (Å²) in [7, 11) is 0. The molecule has 0 radical (unpaired) electrons. The van der Waals surface area contributed by atoms with Crippen molar-refractivity contribution in [3.63, 3.8) is 0 Å². The summed E-state index contributed by atoms with van der Waals surface area (Å²) in [6.45, 7) is 7.64. The Morgan fingerprint density at radius 1 is 1.26 bits per heavy atom. The van der Waals surface area contributed by atoms with E-state index in [2.05, 4.69) is 35.4 Å². The van der Waals surface area contributed by atoms with E-state index < -0.39 is 0 Å². The van der Waals surface area contributed by atoms with Crippen LogP contribution >= 0.6 is 11.5 Å². The van der Waals surface area contributed by atoms with Gasteiger partial charge in [-0.2, -0.15) is 4.37 Å². The van der Waals surface area contributed by atoms with Crippen molar-refractivity contribution in [3.05, 3.63) is 24.5 Å². The van der Waals surface area contributed by atoms with Crippen molar-refractivity contribution in [2.45, 2.75) is 20.8 Å². The van der Waals surface area contributed by atoms with Gasteiger partial charge in [0, 0.05) is 18.9 Å². The number of nitrogens with two attached hydrogens (primary N) is 1. The van der Waals surface area contributed by atoms with E-state index in [0.717, 1.165) is 22.7 Å². The number of nitrogen functional groups attached to an aromatic ring is 1. The predicted octanol–water partition coefficient (Wildman–Crippen LogP) is 3.49. The lowest BCUT2D eigenvalue weighted by molar-refractivity contribution is 0.440. The molecule has 1 atom stereocenters. The lowest BCUT2D eigenvalue weighted by atomic mass is 9.98. The van der Waals surface area contributed by atoms with Crippen molar-refractivity contribution in [2.75, 3.05) is 17.6 Å². The summed E-state index contributed by atoms with van der Waals surface area (Å²) in [6, 6.07) is 3.91. The van der Waals surface area contributed by atoms with Crippen molar-refractivity contribution < 1.29 is 0 Å². The van der Waals surface area contributed by atoms with E-state index in [1.807, 2.05) is 12.1 Å². The third kappa shape index (κ3) is 3.23. The van der Waals surface area contributed by atoms with Gasteiger partial charge in [0.05, 0.1) is 5.56 Å². The molecular formula is C14H20N4S. The minimum atomic E-state index is 0.580. The summed E-state index contributed by atoms with van der Waals surface area (Å²) < 4.78 is 4.25. The zero-order valence-corrected chi connectivity index (χ0v) is 12.4. The summed E-state index contributed by atoms with van der Waals surface area (Å²) in [5, 5.41) is 4.51. The number of hydrogen-bond acceptors (Lipinski definition) is 5. The zero-order chi connectivity index (χ0) is 13.8. The van der Waals surface area contributed by atoms with Gasteiger partial charge < -0.3 is 11.1 Å². The highest BCUT2D eigenvalue weighted by molar-refractivity contribution is 7.11. The SMILES string of the molecule is CC(C)C(C)CNc1snc(N)c1-c1ccncc1. The first-order valence-corrected chi connectivity index (χ1v) is 7.26. The average molecular weight is 276 g/mol. The Morgan fingerprint density at radius 3 is 2.58 bits per heavy atom. The molecule has 0 aliphatic heterocycles. The predicted molar refractivity (Wildman–Crippen MR) is 82.2 cm³/mol. The first-order chi connectivity index (χ1) is 9.09. The smallest absolute Gasteiger partial charge is 0.147 e. The average Bonchev–Trinajstić information content (AvgIpc) is 2.78. The van der Waals surface area contributed by atoms with Gasteiger partial charge in [0.25, 0.3) is 0 Å². The number of nitrogens with zero attached hydrogens (tertiary/aromatic N) is 2. The van der Waals surface area contributed by atoms with Gasteiger partial charge >= 0.3 is 0 Å². The van der Waals surface area contributed by atoms with Crippen LogP contribution in [0.4, 0.5) is 10.8 Å². The highest BCUT2D eigenvalue weighted by Crippen LogP contribution is 2.36. The molecule has 0 spiro atoms. The second kappa shape index (κ2) is 6.02. The maximum absolute atomic E-state index is 5.98. The fraction of sp³-hybridized carbons (Fsp3) is 0.429. The molecule has 0 aromatic carbocycles. The number of nitrogens with one attached hydrogen (secondary N) is 1. The fourth-order valence-corrected chi connectivity index (χ4v) is 2.45. The van der Waals surface area contributed by atoms with Crippen LogP contribution in [0.5, 0.6) is 0 Å². The number of pyridine rings is 1. The van der Waals surface area contributed by atoms with Gasteiger partial charge in [-0.05, 0) is 41.1 Å². The lowest BCUT2D eigenvalue weighted by Gasteiger charge is -2.16. The minimum Gasteiger partial charge on any atom is -0.382 e. The lowest BCUT2D eigenvalue weighted by Crippen LogP contribution is -2.16. The van der Waals surface area contributed by atoms with E-state index >= 15 is 0 Å². The molecule has 102 valence electrons. The second-order valence-corrected chi connectivity index (χ2v) is 5.88. The van der Waals surface area contributed by atoms with Crippen LogP contribution in [-0.4, -0.2) is 15.9 Å². The molecule has 2 aromatic heterocycles. The summed E-state index contributed by atoms with van der Waals surface area (Å²) >= 11 is 1.42. The standard InChI is InChI=1S/C14H20N4S/c1-9(2)10(3)8-17-14-12(13(15)18-19-14)11-4-6-16-7-5-11/h4-7,9-10,17H,8H2,1-3H3,(H2,15,18). The number of rotatable bonds is 5. The Bertz CT molecular complexity index is 521. The van der Waals surface area contributed by atoms with E-state index in [0.29, 0.717) is 17.7 Å². The van der Waals surface area contributed by atoms with Crippen molar-refractivity contribution >= 4 is 22.4 Å². The number of aromatic nitrogens is 2. The van der Waals surface area contributed by atoms with Gasteiger partial charge in [-0.25, -0.2) is 0 Å². The van der Waals surface area contributed by atoms with Gasteiger partial charge in [-0.3, -0.25) is 4.98 Å². The van der Waals surface area contributed by atoms with Crippen LogP contribution in [0, 0.1) is 11.8 Å². The van der Waals surface area contributed by atoms with Crippen LogP contribution in [0.15, 0.2) is 24.5 Å². The summed E-state index contributed by atoms with van der Waals surface area (Å²) in [5.74, 6) is 1.84. The van der Waals surface area contributed by atoms with E-state index in [1.165, 1.54) is 11.5 Å². The molecule has 4 nitrogen and oxygen atoms in total. The summed E-state index contributed by atoms with van der Waals surface area (Å²) in [4.78, 5) is 4.03. The highest BCUT2D eigenvalue weighted by atomic mass is 32.1. The van der Waals surface area contributed by atoms with Gasteiger partial charge in [-0.15, -0.1) is 0 Å². The monoisotopic (exact) mass is 276 g/mol. The molecule has 2 rings (SSSR count). The normalized spacial score (nSPS) is 12.6. The van der Waals surface area contributed by atoms with E-state index in [1.54, 1.807) is 12.4 Å². The fourth-order valence-electron chi connectivity index (χ4n) is 1.71. The van der Waals surface area contributed by atoms with Gasteiger partial charge in [-0.1, -0.05) is 20.8 Å². The Morgan fingerprint density at radius 2 is 1.95 bits per heavy atom. The van der Waals surface area contributed by atoms with Crippen LogP contribution in [0.1, 0.15) is 20.8 Å². The first kappa shape index (κ1) is 13.8. The molecule has 5 heteroatoms. The summed E-state index contributed by atoms with van der Waals surface area (Å²) in [5.41, 5.74) is 8.02. The number of anilines is 2. The molecule has 2 heterocycles. The third-order valence-electron chi connectivity index (χ3n) is 3.41. The molecule has 2 aromatic rings. The van der Waals surface area contributed by atoms with Crippen molar-refractivity contribution in [3.8, 4) is 11.1 Å². The van der Waals surface area contributed by atoms with Gasteiger partial charge in [0.15, 0.2) is 0 Å². The molecule has 0 saturated heterocycles. The molecule has 0 aliphatic rings. The topological polar surface area (TPSA) is 63.8 Å². The van der Waals surface area contributed by atoms with Crippen LogP contribution < -0.4 is 11.1 Å². The third-order valence-corrected chi connectivity index (χ3v) is 4.23. The van der Waals surface area contributed by atoms with Crippen LogP contribution in [0.3, 0.4) is 0 Å². The highest BCUT2D eigenvalue weighted by Gasteiger charge is 2.15. The van der Waals surface area contributed by atoms with E-state index in [4.69, 9.17) is 5.73 Å². The molecule has 0 saturated carbocycles. The maximum Gasteiger partial charge on any atom is 0.147 e. The molecule has 0 fully saturated rings. The Kier molecular flexibility index (Phi) is 4.37. The van der Waals surface area contributed by atoms with Gasteiger partial charge in [0.2, 0.25) is 0 Å². The van der Waals surface area contributed by atoms with Crippen LogP contribution in [0.25, 0.3) is 11.1 Å². The van der Waals surface area contributed by atoms with Gasteiger partial charge in [0.1, 0.15) is 10.8 Å². The van der Waals surface area contributed by atoms with Crippen LogP contribution in [0.2, 0.25) is 0 Å². The van der Waals surface area contributed by atoms with Crippen molar-refractivity contribution in [1.29, 1.82) is 0 Å². The Hall–Kier alpha value is -1.62. The van der Waals surface area contributed by atoms with Crippen molar-refractivity contribution in [2.24, 2.45) is 11.8 Å². The molecule has 0 amide bonds. The van der Waals surface area contributed by atoms with E-state index in [9.17, 15) is 0 Å². The first-order valence-electron chi connectivity index (χ1n) is 6.49. The van der Waals surface area contributed by atoms with Crippen LogP contribution in [-0.2, 0) is 0 Å². The van der Waals surface area contributed by atoms with E-state index in [-0.39, 0.29) is 0 Å². The van der Waals surface area contributed by atoms with Crippen molar-refractivity contribution in [1.82, 2.24) is 9.36 Å². The molecular weight excluding hydrogens is 256 g/mol. The summed E-state index contributed by atoms with van der Waals surface area (Å²) in [6.07, 6.45) is 3.54. The second-order valence-electron chi connectivity index (χ2n) is 5.11. The zero-order valence-electron chi connectivity index (χ0n) is 11.6. The molecule has 0 bridgehead atoms. The Balaban J connectivity index is 2.19. The number of hydrogen-bond donors (Lipinski definition) is 2. The molecule has 0 aliphatic carbocycles. The Labute approximate surface area is 118 Å². The minimum absolute atomic E-state index is 0.580. The molecule has 3 N–H and O–H groups in total. The quantitative estimate of drug-likeness (QED) is 0.877. The maximum atomic E-state index is 5.98.